The van der Waals surface area contributed by atoms with Crippen LogP contribution < -0.4 is 78.7 Å². The van der Waals surface area contributed by atoms with E-state index in [2.05, 4.69) is 17.2 Å². The second-order valence-corrected chi connectivity index (χ2v) is 8.31. The monoisotopic (exact) mass is 556 g/mol. The molecule has 0 amide bonds. The summed E-state index contributed by atoms with van der Waals surface area (Å²) in [6.45, 7) is 0. The zero-order valence-electron chi connectivity index (χ0n) is 12.3. The molecule has 18 nitrogen and oxygen atoms in total. The van der Waals surface area contributed by atoms with Gasteiger partial charge in [-0.25, -0.2) is 17.2 Å². The third-order valence-electron chi connectivity index (χ3n) is 0.800. The molecule has 0 unspecified atom stereocenters. The van der Waals surface area contributed by atoms with E-state index >= 15 is 0 Å². The molecule has 25 heteroatoms. The van der Waals surface area contributed by atoms with Gasteiger partial charge in [0, 0.05) is 0 Å². The van der Waals surface area contributed by atoms with Gasteiger partial charge in [-0.15, -0.1) is 0 Å². The standard InChI is InChI=1S/2Na.H4O12P4.6H2O.Sr/c;;1-13(2)9-14(3,4)11-16(7,8)12-15(5,6)10-13;;;;;;;/h;;(H,1,2)(H,3,4)(H,5,6)(H,7,8);6*1H2;/q2*+1;;;;;;;;+2/p-6. The predicted octanol–water partition coefficient (Wildman–Crippen LogP) is -12.1. The average molecular weight is 556 g/mol. The molecule has 1 rings (SSSR count). The summed E-state index contributed by atoms with van der Waals surface area (Å²) in [7, 11) is -23.5. The molecular weight excluding hydrogens is 545 g/mol. The summed E-state index contributed by atoms with van der Waals surface area (Å²) in [5.74, 6) is 0. The van der Waals surface area contributed by atoms with Crippen molar-refractivity contribution in [2.45, 2.75) is 0 Å². The van der Waals surface area contributed by atoms with Crippen LogP contribution in [0.1, 0.15) is 0 Å². The Morgan fingerprint density at radius 1 is 0.480 bits per heavy atom. The molecule has 0 atom stereocenters. The van der Waals surface area contributed by atoms with Gasteiger partial charge in [-0.1, -0.05) is 0 Å². The molecule has 1 heterocycles. The average Bonchev–Trinajstić information content (AvgIpc) is 1.67. The van der Waals surface area contributed by atoms with Crippen LogP contribution in [0.4, 0.5) is 0 Å². The van der Waals surface area contributed by atoms with Crippen LogP contribution >= 0.6 is 31.3 Å². The van der Waals surface area contributed by atoms with Crippen molar-refractivity contribution >= 4 is 76.8 Å². The van der Waals surface area contributed by atoms with E-state index in [1.165, 1.54) is 0 Å². The SMILES string of the molecule is O.O.O.O.O=P1([O-])OP(=O)([O-])OP(=O)([O-])OP(=O)([O-])O1.[Na+].[Na+].[OH-].[OH-].[Sr+2]. The summed E-state index contributed by atoms with van der Waals surface area (Å²) in [6.07, 6.45) is 0. The molecule has 0 saturated carbocycles. The number of rotatable bonds is 0. The van der Waals surface area contributed by atoms with Crippen LogP contribution in [0, 0.1) is 0 Å². The van der Waals surface area contributed by atoms with E-state index in [1.54, 1.807) is 0 Å². The minimum atomic E-state index is -5.87. The zero-order chi connectivity index (χ0) is 12.8. The Labute approximate surface area is 220 Å². The van der Waals surface area contributed by atoms with E-state index in [0.717, 1.165) is 0 Å². The first kappa shape index (κ1) is 56.8. The maximum atomic E-state index is 10.6. The molecule has 10 N–H and O–H groups in total. The fourth-order valence-corrected chi connectivity index (χ4v) is 6.02. The van der Waals surface area contributed by atoms with Crippen LogP contribution in [0.15, 0.2) is 0 Å². The van der Waals surface area contributed by atoms with Gasteiger partial charge < -0.3 is 52.4 Å². The third kappa shape index (κ3) is 24.0. The number of hydrogen-bond acceptors (Lipinski definition) is 14. The van der Waals surface area contributed by atoms with Crippen molar-refractivity contribution in [3.63, 3.8) is 0 Å². The van der Waals surface area contributed by atoms with Crippen LogP contribution in [-0.2, 0) is 35.5 Å². The Kier molecular flexibility index (Phi) is 44.9. The predicted molar refractivity (Wildman–Crippen MR) is 58.8 cm³/mol. The molecule has 0 aromatic carbocycles. The van der Waals surface area contributed by atoms with E-state index in [4.69, 9.17) is 0 Å². The molecule has 0 aromatic heterocycles. The molecule has 0 aliphatic carbocycles. The van der Waals surface area contributed by atoms with Crippen molar-refractivity contribution in [3.05, 3.63) is 0 Å². The topological polar surface area (TPSA) is 383 Å². The maximum Gasteiger partial charge on any atom is 2.00 e. The first-order valence-corrected chi connectivity index (χ1v) is 8.76. The summed E-state index contributed by atoms with van der Waals surface area (Å²) in [5, 5.41) is 0. The van der Waals surface area contributed by atoms with Crippen molar-refractivity contribution in [3.8, 4) is 0 Å². The van der Waals surface area contributed by atoms with Crippen molar-refractivity contribution in [1.29, 1.82) is 0 Å². The summed E-state index contributed by atoms with van der Waals surface area (Å²) >= 11 is 0. The summed E-state index contributed by atoms with van der Waals surface area (Å²) < 4.78 is 54.5. The zero-order valence-corrected chi connectivity index (χ0v) is 23.3. The Morgan fingerprint density at radius 2 is 0.560 bits per heavy atom. The molecular formula is H10Na2O18P4Sr-2. The Morgan fingerprint density at radius 3 is 0.640 bits per heavy atom. The molecule has 1 aliphatic rings. The summed E-state index contributed by atoms with van der Waals surface area (Å²) in [4.78, 5) is 42.2. The van der Waals surface area contributed by atoms with E-state index in [0.29, 0.717) is 0 Å². The quantitative estimate of drug-likeness (QED) is 0.198. The van der Waals surface area contributed by atoms with Gasteiger partial charge in [-0.3, -0.25) is 18.3 Å². The smallest absolute Gasteiger partial charge is 0.870 e. The fourth-order valence-electron chi connectivity index (χ4n) is 0.550. The van der Waals surface area contributed by atoms with Gasteiger partial charge in [-0.05, 0) is 0 Å². The Hall–Kier alpha value is 3.84. The van der Waals surface area contributed by atoms with Gasteiger partial charge >= 0.3 is 105 Å². The summed E-state index contributed by atoms with van der Waals surface area (Å²) in [5.41, 5.74) is 0. The molecule has 0 spiro atoms. The van der Waals surface area contributed by atoms with Gasteiger partial charge in [0.25, 0.3) is 31.3 Å². The van der Waals surface area contributed by atoms with Gasteiger partial charge in [0.2, 0.25) is 0 Å². The van der Waals surface area contributed by atoms with Gasteiger partial charge in [0.15, 0.2) is 0 Å². The molecule has 1 fully saturated rings. The molecule has 0 radical (unpaired) electrons. The molecule has 0 aromatic rings. The first-order valence-electron chi connectivity index (χ1n) is 2.92. The second kappa shape index (κ2) is 19.8. The van der Waals surface area contributed by atoms with Crippen LogP contribution in [-0.4, -0.2) is 78.3 Å². The Balaban J connectivity index is -0.0000000406. The van der Waals surface area contributed by atoms with Gasteiger partial charge in [0.1, 0.15) is 0 Å². The van der Waals surface area contributed by atoms with Crippen LogP contribution in [0.25, 0.3) is 0 Å². The largest absolute Gasteiger partial charge is 2.00 e. The van der Waals surface area contributed by atoms with Crippen molar-refractivity contribution in [2.75, 3.05) is 0 Å². The van der Waals surface area contributed by atoms with E-state index < -0.39 is 31.3 Å². The number of phosphoric acid groups is 4. The molecule has 1 aliphatic heterocycles. The van der Waals surface area contributed by atoms with Crippen molar-refractivity contribution in [1.82, 2.24) is 0 Å². The molecule has 0 bridgehead atoms. The normalized spacial score (nSPS) is 35.4. The van der Waals surface area contributed by atoms with E-state index in [1.807, 2.05) is 0 Å². The molecule has 1 saturated heterocycles. The fraction of sp³-hybridized carbons (Fsp3) is 0. The van der Waals surface area contributed by atoms with E-state index in [9.17, 15) is 37.8 Å². The van der Waals surface area contributed by atoms with Crippen LogP contribution in [0.2, 0.25) is 0 Å². The van der Waals surface area contributed by atoms with Crippen molar-refractivity contribution < 1.29 is 147 Å². The van der Waals surface area contributed by atoms with Gasteiger partial charge in [0.05, 0.1) is 0 Å². The third-order valence-corrected chi connectivity index (χ3v) is 7.20. The summed E-state index contributed by atoms with van der Waals surface area (Å²) in [6, 6.07) is 0. The van der Waals surface area contributed by atoms with Crippen molar-refractivity contribution in [2.24, 2.45) is 0 Å². The molecule has 25 heavy (non-hydrogen) atoms. The Bertz CT molecular complexity index is 375. The van der Waals surface area contributed by atoms with E-state index in [-0.39, 0.29) is 137 Å². The first-order chi connectivity index (χ1) is 6.83. The van der Waals surface area contributed by atoms with Gasteiger partial charge in [-0.2, -0.15) is 0 Å². The second-order valence-electron chi connectivity index (χ2n) is 2.12. The molecule has 144 valence electrons. The minimum Gasteiger partial charge on any atom is -0.870 e. The maximum absolute atomic E-state index is 10.6. The minimum absolute atomic E-state index is 0. The van der Waals surface area contributed by atoms with Crippen LogP contribution in [0.3, 0.4) is 0 Å². The van der Waals surface area contributed by atoms with Crippen LogP contribution in [0.5, 0.6) is 0 Å². The number of hydrogen-bond donors (Lipinski definition) is 0.